The number of fused-ring (bicyclic) bond motifs is 1. The lowest BCUT2D eigenvalue weighted by Gasteiger charge is -2.41. The van der Waals surface area contributed by atoms with E-state index in [1.165, 1.54) is 0 Å². The summed E-state index contributed by atoms with van der Waals surface area (Å²) in [6, 6.07) is -2.49. The van der Waals surface area contributed by atoms with Gasteiger partial charge in [-0.2, -0.15) is 0 Å². The molecule has 4 N–H and O–H groups in total. The number of likely N-dealkylation sites (tertiary alicyclic amines) is 1. The van der Waals surface area contributed by atoms with Crippen LogP contribution in [0.1, 0.15) is 114 Å². The zero-order valence-electron chi connectivity index (χ0n) is 30.2. The van der Waals surface area contributed by atoms with E-state index >= 15 is 0 Å². The van der Waals surface area contributed by atoms with E-state index in [-0.39, 0.29) is 35.0 Å². The molecule has 4 aliphatic carbocycles. The Morgan fingerprint density at radius 3 is 2.00 bits per heavy atom. The van der Waals surface area contributed by atoms with Crippen LogP contribution < -0.4 is 21.3 Å². The maximum absolute atomic E-state index is 14.4. The van der Waals surface area contributed by atoms with Gasteiger partial charge in [0, 0.05) is 12.6 Å². The second-order valence-electron chi connectivity index (χ2n) is 18.1. The van der Waals surface area contributed by atoms with Crippen molar-refractivity contribution in [1.29, 1.82) is 0 Å². The van der Waals surface area contributed by atoms with Crippen LogP contribution in [0, 0.1) is 28.6 Å². The molecule has 6 atom stereocenters. The van der Waals surface area contributed by atoms with E-state index < -0.39 is 72.7 Å². The number of sulfone groups is 1. The highest BCUT2D eigenvalue weighted by molar-refractivity contribution is 7.92. The van der Waals surface area contributed by atoms with E-state index in [4.69, 9.17) is 0 Å². The van der Waals surface area contributed by atoms with Crippen molar-refractivity contribution in [2.24, 2.45) is 28.6 Å². The number of Topliss-reactive ketones (excluding diaryl/α,β-unsaturated/α-hetero) is 1. The van der Waals surface area contributed by atoms with E-state index in [1.54, 1.807) is 25.7 Å². The summed E-state index contributed by atoms with van der Waals surface area (Å²) in [5.74, 6) is -2.65. The van der Waals surface area contributed by atoms with E-state index in [0.717, 1.165) is 32.1 Å². The predicted octanol–water partition coefficient (Wildman–Crippen LogP) is 2.84. The zero-order valence-corrected chi connectivity index (χ0v) is 31.1. The first kappa shape index (κ1) is 36.6. The minimum absolute atomic E-state index is 0.00846. The molecule has 270 valence electrons. The van der Waals surface area contributed by atoms with E-state index in [1.807, 2.05) is 27.7 Å². The summed E-state index contributed by atoms with van der Waals surface area (Å²) in [6.45, 7) is 16.8. The molecular formula is C35H57N5O7S. The molecule has 1 unspecified atom stereocenters. The summed E-state index contributed by atoms with van der Waals surface area (Å²) >= 11 is 0. The smallest absolute Gasteiger partial charge is 0.315 e. The van der Waals surface area contributed by atoms with Crippen molar-refractivity contribution in [2.45, 2.75) is 148 Å². The maximum atomic E-state index is 14.4. The number of piperidine rings is 1. The molecule has 0 aromatic heterocycles. The number of hydrogen-bond donors (Lipinski definition) is 4. The molecule has 12 nitrogen and oxygen atoms in total. The lowest BCUT2D eigenvalue weighted by atomic mass is 9.83. The van der Waals surface area contributed by atoms with E-state index in [9.17, 15) is 32.4 Å². The van der Waals surface area contributed by atoms with Crippen LogP contribution >= 0.6 is 0 Å². The Bertz CT molecular complexity index is 1470. The van der Waals surface area contributed by atoms with Gasteiger partial charge in [-0.05, 0) is 81.5 Å². The molecule has 13 heteroatoms. The van der Waals surface area contributed by atoms with Gasteiger partial charge in [0.05, 0.1) is 16.0 Å². The van der Waals surface area contributed by atoms with Crippen LogP contribution in [-0.4, -0.2) is 89.1 Å². The largest absolute Gasteiger partial charge is 0.347 e. The van der Waals surface area contributed by atoms with Gasteiger partial charge in [-0.3, -0.25) is 19.2 Å². The molecule has 5 fully saturated rings. The fraction of sp³-hybridized carbons (Fsp3) is 0.857. The summed E-state index contributed by atoms with van der Waals surface area (Å²) < 4.78 is 25.6. The van der Waals surface area contributed by atoms with Crippen LogP contribution in [0.4, 0.5) is 4.79 Å². The number of nitrogens with one attached hydrogen (secondary N) is 4. The summed E-state index contributed by atoms with van der Waals surface area (Å²) in [6.07, 6.45) is 5.60. The van der Waals surface area contributed by atoms with Gasteiger partial charge in [0.1, 0.15) is 17.6 Å². The van der Waals surface area contributed by atoms with Gasteiger partial charge >= 0.3 is 6.03 Å². The Morgan fingerprint density at radius 1 is 0.917 bits per heavy atom. The third kappa shape index (κ3) is 6.86. The Balaban J connectivity index is 1.34. The molecule has 0 radical (unpaired) electrons. The van der Waals surface area contributed by atoms with Gasteiger partial charge in [0.2, 0.25) is 17.6 Å². The molecule has 48 heavy (non-hydrogen) atoms. The first-order valence-electron chi connectivity index (χ1n) is 17.7. The fourth-order valence-electron chi connectivity index (χ4n) is 8.10. The van der Waals surface area contributed by atoms with Crippen molar-refractivity contribution in [3.8, 4) is 0 Å². The topological polar surface area (TPSA) is 171 Å². The van der Waals surface area contributed by atoms with Crippen molar-refractivity contribution in [2.75, 3.05) is 12.3 Å². The minimum Gasteiger partial charge on any atom is -0.347 e. The highest BCUT2D eigenvalue weighted by Gasteiger charge is 2.71. The third-order valence-corrected chi connectivity index (χ3v) is 14.7. The first-order chi connectivity index (χ1) is 22.0. The van der Waals surface area contributed by atoms with Gasteiger partial charge < -0.3 is 26.2 Å². The van der Waals surface area contributed by atoms with Crippen molar-refractivity contribution in [3.63, 3.8) is 0 Å². The molecule has 1 aliphatic heterocycles. The number of urea groups is 1. The first-order valence-corrected chi connectivity index (χ1v) is 19.4. The van der Waals surface area contributed by atoms with Crippen LogP contribution in [-0.2, 0) is 29.0 Å². The fourth-order valence-corrected chi connectivity index (χ4v) is 9.62. The number of amides is 5. The van der Waals surface area contributed by atoms with Crippen LogP contribution in [0.2, 0.25) is 0 Å². The third-order valence-electron chi connectivity index (χ3n) is 11.9. The molecule has 1 heterocycles. The quantitative estimate of drug-likeness (QED) is 0.255. The average molecular weight is 692 g/mol. The highest BCUT2D eigenvalue weighted by atomic mass is 32.2. The lowest BCUT2D eigenvalue weighted by Crippen LogP contribution is -2.64. The Kier molecular flexibility index (Phi) is 9.12. The second kappa shape index (κ2) is 12.0. The maximum Gasteiger partial charge on any atom is 0.315 e. The molecule has 5 amide bonds. The number of rotatable bonds is 10. The van der Waals surface area contributed by atoms with Crippen LogP contribution in [0.3, 0.4) is 0 Å². The summed E-state index contributed by atoms with van der Waals surface area (Å²) in [5.41, 5.74) is -3.18. The Labute approximate surface area is 286 Å². The van der Waals surface area contributed by atoms with Gasteiger partial charge in [-0.25, -0.2) is 13.2 Å². The van der Waals surface area contributed by atoms with Gasteiger partial charge in [0.15, 0.2) is 9.84 Å². The SMILES string of the molecule is CC1C[C@@]1(NC(=O)[C@@H]1[C@@H]2[C@H](CN1C(=O)[C@@H](NC(=O)NC1(CS(=O)(=O)C(C)(C)C)CCCCC1)C(C)(C)C)C2(C)C)C(=O)C(=O)NC1CC1. The van der Waals surface area contributed by atoms with Crippen LogP contribution in [0.25, 0.3) is 0 Å². The minimum atomic E-state index is -3.56. The monoisotopic (exact) mass is 691 g/mol. The molecule has 0 bridgehead atoms. The normalized spacial score (nSPS) is 31.1. The molecular weight excluding hydrogens is 634 g/mol. The average Bonchev–Trinajstić information content (AvgIpc) is 3.90. The van der Waals surface area contributed by atoms with Crippen molar-refractivity contribution < 1.29 is 32.4 Å². The molecule has 0 spiro atoms. The Hall–Kier alpha value is -2.70. The number of ketones is 1. The Morgan fingerprint density at radius 2 is 1.50 bits per heavy atom. The van der Waals surface area contributed by atoms with Gasteiger partial charge in [-0.1, -0.05) is 60.8 Å². The van der Waals surface area contributed by atoms with E-state index in [2.05, 4.69) is 35.1 Å². The summed E-state index contributed by atoms with van der Waals surface area (Å²) in [5, 5.41) is 11.6. The zero-order chi connectivity index (χ0) is 35.8. The molecule has 4 saturated carbocycles. The molecule has 1 saturated heterocycles. The molecule has 0 aromatic carbocycles. The van der Waals surface area contributed by atoms with Crippen LogP contribution in [0.5, 0.6) is 0 Å². The molecule has 5 rings (SSSR count). The second-order valence-corrected chi connectivity index (χ2v) is 20.9. The number of nitrogens with zero attached hydrogens (tertiary/aromatic N) is 1. The highest BCUT2D eigenvalue weighted by Crippen LogP contribution is 2.65. The van der Waals surface area contributed by atoms with Gasteiger partial charge in [-0.15, -0.1) is 0 Å². The summed E-state index contributed by atoms with van der Waals surface area (Å²) in [7, 11) is -3.56. The van der Waals surface area contributed by atoms with Crippen LogP contribution in [0.15, 0.2) is 0 Å². The summed E-state index contributed by atoms with van der Waals surface area (Å²) in [4.78, 5) is 69.8. The van der Waals surface area contributed by atoms with Gasteiger partial charge in [0.25, 0.3) is 5.91 Å². The standard InChI is InChI=1S/C35H57N5O7S/c1-20-17-35(20,26(41)28(43)36-21-13-14-21)38-27(42)24-23-22(33(23,8)9)18-40(24)29(44)25(31(2,3)4)37-30(45)39-34(15-11-10-12-16-34)19-48(46,47)32(5,6)7/h20-25H,10-19H2,1-9H3,(H,36,43)(H,38,42)(H2,37,39,45)/t20?,22-,23-,24-,25+,35-/m0/s1. The number of carbonyl (C=O) groups is 5. The predicted molar refractivity (Wildman–Crippen MR) is 181 cm³/mol. The van der Waals surface area contributed by atoms with E-state index in [0.29, 0.717) is 25.8 Å². The van der Waals surface area contributed by atoms with Crippen molar-refractivity contribution >= 4 is 39.4 Å². The van der Waals surface area contributed by atoms with Crippen molar-refractivity contribution in [1.82, 2.24) is 26.2 Å². The lowest BCUT2D eigenvalue weighted by molar-refractivity contribution is -0.145. The molecule has 5 aliphatic rings. The number of carbonyl (C=O) groups excluding carboxylic acids is 5. The van der Waals surface area contributed by atoms with Crippen molar-refractivity contribution in [3.05, 3.63) is 0 Å². The number of hydrogen-bond acceptors (Lipinski definition) is 7. The molecule has 0 aromatic rings.